The number of hydrogen-bond donors (Lipinski definition) is 2. The van der Waals surface area contributed by atoms with Gasteiger partial charge in [-0.15, -0.1) is 16.3 Å². The van der Waals surface area contributed by atoms with Crippen LogP contribution in [0.2, 0.25) is 0 Å². The van der Waals surface area contributed by atoms with Gasteiger partial charge in [-0.1, -0.05) is 12.1 Å². The van der Waals surface area contributed by atoms with Crippen LogP contribution in [0.5, 0.6) is 0 Å². The predicted octanol–water partition coefficient (Wildman–Crippen LogP) is 4.32. The number of urea groups is 1. The maximum atomic E-state index is 12.5. The van der Waals surface area contributed by atoms with Crippen molar-refractivity contribution in [1.82, 2.24) is 9.56 Å². The molecule has 2 aromatic heterocycles. The lowest BCUT2D eigenvalue weighted by Gasteiger charge is -2.12. The van der Waals surface area contributed by atoms with Crippen LogP contribution in [0.15, 0.2) is 74.9 Å². The second kappa shape index (κ2) is 9.61. The molecule has 0 atom stereocenters. The first kappa shape index (κ1) is 22.2. The van der Waals surface area contributed by atoms with Crippen molar-refractivity contribution in [2.75, 3.05) is 17.7 Å². The number of fused-ring (bicyclic) bond motifs is 1. The summed E-state index contributed by atoms with van der Waals surface area (Å²) in [5, 5.41) is 5.55. The first-order valence-corrected chi connectivity index (χ1v) is 10.9. The van der Waals surface area contributed by atoms with Crippen LogP contribution in [0.1, 0.15) is 21.8 Å². The number of thioether (sulfide) groups is 1. The molecule has 0 fully saturated rings. The summed E-state index contributed by atoms with van der Waals surface area (Å²) in [6.45, 7) is 1.75. The maximum Gasteiger partial charge on any atom is 0.337 e. The third-order valence-corrected chi connectivity index (χ3v) is 5.71. The van der Waals surface area contributed by atoms with Gasteiger partial charge in [-0.05, 0) is 43.3 Å². The van der Waals surface area contributed by atoms with Crippen molar-refractivity contribution in [2.45, 2.75) is 17.6 Å². The fraction of sp³-hybridized carbons (Fsp3) is 0.130. The molecule has 0 saturated heterocycles. The summed E-state index contributed by atoms with van der Waals surface area (Å²) in [7, 11) is 1.31. The zero-order chi connectivity index (χ0) is 23.4. The number of aryl methyl sites for hydroxylation is 1. The quantitative estimate of drug-likeness (QED) is 0.323. The van der Waals surface area contributed by atoms with Crippen LogP contribution in [0.25, 0.3) is 5.65 Å². The Balaban J connectivity index is 1.42. The summed E-state index contributed by atoms with van der Waals surface area (Å²) < 4.78 is 11.1. The summed E-state index contributed by atoms with van der Waals surface area (Å²) in [6, 6.07) is 16.4. The number of anilines is 2. The van der Waals surface area contributed by atoms with Gasteiger partial charge in [0, 0.05) is 28.5 Å². The van der Waals surface area contributed by atoms with E-state index < -0.39 is 12.0 Å². The highest BCUT2D eigenvalue weighted by molar-refractivity contribution is 7.98. The Morgan fingerprint density at radius 1 is 1.09 bits per heavy atom. The molecule has 0 aliphatic heterocycles. The van der Waals surface area contributed by atoms with E-state index in [0.29, 0.717) is 39.8 Å². The summed E-state index contributed by atoms with van der Waals surface area (Å²) in [5.74, 6) is 0.590. The lowest BCUT2D eigenvalue weighted by molar-refractivity contribution is 0.0600. The first-order valence-electron chi connectivity index (χ1n) is 9.91. The molecule has 168 valence electrons. The van der Waals surface area contributed by atoms with E-state index in [-0.39, 0.29) is 5.56 Å². The predicted molar refractivity (Wildman–Crippen MR) is 125 cm³/mol. The molecule has 0 bridgehead atoms. The molecule has 0 unspecified atom stereocenters. The van der Waals surface area contributed by atoms with Crippen LogP contribution < -0.4 is 16.2 Å². The normalized spacial score (nSPS) is 10.7. The fourth-order valence-corrected chi connectivity index (χ4v) is 3.99. The lowest BCUT2D eigenvalue weighted by Crippen LogP contribution is -2.19. The molecule has 0 aliphatic rings. The Bertz CT molecular complexity index is 1380. The largest absolute Gasteiger partial charge is 0.465 e. The van der Waals surface area contributed by atoms with Gasteiger partial charge in [0.2, 0.25) is 0 Å². The average molecular weight is 465 g/mol. The highest BCUT2D eigenvalue weighted by atomic mass is 32.2. The zero-order valence-electron chi connectivity index (χ0n) is 17.8. The Hall–Kier alpha value is -4.05. The molecular weight excluding hydrogens is 444 g/mol. The molecule has 33 heavy (non-hydrogen) atoms. The molecule has 0 radical (unpaired) electrons. The molecule has 10 heteroatoms. The second-order valence-corrected chi connectivity index (χ2v) is 8.03. The van der Waals surface area contributed by atoms with Crippen molar-refractivity contribution in [3.05, 3.63) is 88.0 Å². The minimum atomic E-state index is -0.448. The summed E-state index contributed by atoms with van der Waals surface area (Å²) in [6.07, 6.45) is 0. The fourth-order valence-electron chi connectivity index (χ4n) is 3.09. The molecule has 0 saturated carbocycles. The number of methoxy groups -OCH3 is 1. The standard InChI is InChI=1S/C23H20N4O5S/c1-14-11-20-24-17(12-21(28)27(20)32-14)13-33-19-6-4-3-5-18(19)26-23(30)25-16-9-7-15(8-10-16)22(29)31-2/h3-12H,13H2,1-2H3,(H2,25,26,30). The number of nitrogens with one attached hydrogen (secondary N) is 2. The summed E-state index contributed by atoms with van der Waals surface area (Å²) in [5.41, 5.74) is 2.31. The van der Waals surface area contributed by atoms with Crippen molar-refractivity contribution in [1.29, 1.82) is 0 Å². The number of rotatable bonds is 6. The molecular formula is C23H20N4O5S. The van der Waals surface area contributed by atoms with Crippen molar-refractivity contribution >= 4 is 40.8 Å². The molecule has 9 nitrogen and oxygen atoms in total. The third-order valence-electron chi connectivity index (χ3n) is 4.60. The van der Waals surface area contributed by atoms with Crippen LogP contribution in [-0.2, 0) is 10.5 Å². The zero-order valence-corrected chi connectivity index (χ0v) is 18.6. The number of aromatic nitrogens is 2. The molecule has 4 aromatic rings. The van der Waals surface area contributed by atoms with Crippen LogP contribution in [0.3, 0.4) is 0 Å². The Morgan fingerprint density at radius 3 is 2.61 bits per heavy atom. The van der Waals surface area contributed by atoms with Gasteiger partial charge in [0.05, 0.1) is 24.1 Å². The van der Waals surface area contributed by atoms with Crippen LogP contribution >= 0.6 is 11.8 Å². The molecule has 0 spiro atoms. The van der Waals surface area contributed by atoms with E-state index in [2.05, 4.69) is 20.4 Å². The van der Waals surface area contributed by atoms with Crippen molar-refractivity contribution in [2.24, 2.45) is 0 Å². The monoisotopic (exact) mass is 464 g/mol. The van der Waals surface area contributed by atoms with Gasteiger partial charge in [0.1, 0.15) is 5.76 Å². The number of carbonyl (C=O) groups excluding carboxylic acids is 2. The Kier molecular flexibility index (Phi) is 6.45. The molecule has 2 amide bonds. The number of esters is 1. The van der Waals surface area contributed by atoms with E-state index in [1.165, 1.54) is 24.9 Å². The molecule has 2 N–H and O–H groups in total. The minimum Gasteiger partial charge on any atom is -0.465 e. The number of para-hydroxylation sites is 1. The smallest absolute Gasteiger partial charge is 0.337 e. The van der Waals surface area contributed by atoms with Crippen molar-refractivity contribution in [3.8, 4) is 0 Å². The summed E-state index contributed by atoms with van der Waals surface area (Å²) in [4.78, 5) is 41.5. The topological polar surface area (TPSA) is 115 Å². The minimum absolute atomic E-state index is 0.285. The van der Waals surface area contributed by atoms with Crippen molar-refractivity contribution in [3.63, 3.8) is 0 Å². The highest BCUT2D eigenvalue weighted by Crippen LogP contribution is 2.29. The van der Waals surface area contributed by atoms with Gasteiger partial charge in [-0.3, -0.25) is 4.79 Å². The van der Waals surface area contributed by atoms with Crippen LogP contribution in [0.4, 0.5) is 16.2 Å². The number of carbonyl (C=O) groups is 2. The Labute approximate surface area is 192 Å². The molecule has 0 aliphatic carbocycles. The number of amides is 2. The highest BCUT2D eigenvalue weighted by Gasteiger charge is 2.11. The van der Waals surface area contributed by atoms with Crippen LogP contribution in [-0.4, -0.2) is 28.7 Å². The van der Waals surface area contributed by atoms with E-state index in [4.69, 9.17) is 4.52 Å². The number of hydrogen-bond acceptors (Lipinski definition) is 7. The van der Waals surface area contributed by atoms with Crippen LogP contribution in [0, 0.1) is 6.92 Å². The van der Waals surface area contributed by atoms with Gasteiger partial charge < -0.3 is 19.9 Å². The van der Waals surface area contributed by atoms with Crippen molar-refractivity contribution < 1.29 is 18.8 Å². The van der Waals surface area contributed by atoms with Gasteiger partial charge in [0.25, 0.3) is 5.56 Å². The molecule has 2 aromatic carbocycles. The molecule has 2 heterocycles. The first-order chi connectivity index (χ1) is 15.9. The summed E-state index contributed by atoms with van der Waals surface area (Å²) >= 11 is 1.45. The third kappa shape index (κ3) is 5.24. The lowest BCUT2D eigenvalue weighted by atomic mass is 10.2. The van der Waals surface area contributed by atoms with Gasteiger partial charge >= 0.3 is 12.0 Å². The van der Waals surface area contributed by atoms with E-state index >= 15 is 0 Å². The SMILES string of the molecule is COC(=O)c1ccc(NC(=O)Nc2ccccc2SCc2cc(=O)n3oc(C)cc3n2)cc1. The van der Waals surface area contributed by atoms with Gasteiger partial charge in [0.15, 0.2) is 5.65 Å². The van der Waals surface area contributed by atoms with E-state index in [1.54, 1.807) is 43.3 Å². The average Bonchev–Trinajstić information content (AvgIpc) is 3.19. The Morgan fingerprint density at radius 2 is 1.85 bits per heavy atom. The number of nitrogens with zero attached hydrogens (tertiary/aromatic N) is 2. The maximum absolute atomic E-state index is 12.5. The van der Waals surface area contributed by atoms with E-state index in [1.807, 2.05) is 18.2 Å². The molecule has 4 rings (SSSR count). The van der Waals surface area contributed by atoms with Gasteiger partial charge in [-0.25, -0.2) is 14.6 Å². The number of ether oxygens (including phenoxy) is 1. The van der Waals surface area contributed by atoms with E-state index in [9.17, 15) is 14.4 Å². The second-order valence-electron chi connectivity index (χ2n) is 7.02. The van der Waals surface area contributed by atoms with E-state index in [0.717, 1.165) is 9.47 Å². The van der Waals surface area contributed by atoms with Gasteiger partial charge in [-0.2, -0.15) is 0 Å². The number of benzene rings is 2.